The molecule has 1 aliphatic rings. The van der Waals surface area contributed by atoms with Crippen molar-refractivity contribution >= 4 is 12.1 Å². The molecule has 1 atom stereocenters. The molecule has 0 aliphatic heterocycles. The second-order valence-electron chi connectivity index (χ2n) is 7.13. The molecule has 3 N–H and O–H groups in total. The highest BCUT2D eigenvalue weighted by Gasteiger charge is 2.39. The van der Waals surface area contributed by atoms with Gasteiger partial charge in [-0.2, -0.15) is 0 Å². The Balaban J connectivity index is 2.71. The van der Waals surface area contributed by atoms with Crippen molar-refractivity contribution in [2.45, 2.75) is 83.5 Å². The highest BCUT2D eigenvalue weighted by molar-refractivity contribution is 5.68. The van der Waals surface area contributed by atoms with Gasteiger partial charge in [-0.1, -0.05) is 19.3 Å². The molecule has 1 saturated carbocycles. The molecule has 0 spiro atoms. The second-order valence-corrected chi connectivity index (χ2v) is 7.13. The van der Waals surface area contributed by atoms with E-state index < -0.39 is 23.4 Å². The standard InChI is InChI=1S/C16H29NO5/c1-15(2,3)22-14(20)17-16(21,11-7-10-13(18)19)12-8-5-4-6-9-12/h12,21H,4-11H2,1-3H3,(H,17,20)(H,18,19)/t16-/m0/s1. The van der Waals surface area contributed by atoms with E-state index in [1.165, 1.54) is 0 Å². The molecule has 0 aromatic heterocycles. The van der Waals surface area contributed by atoms with E-state index in [4.69, 9.17) is 9.84 Å². The van der Waals surface area contributed by atoms with Crippen LogP contribution in [0.3, 0.4) is 0 Å². The summed E-state index contributed by atoms with van der Waals surface area (Å²) in [5, 5.41) is 22.3. The fourth-order valence-corrected chi connectivity index (χ4v) is 2.94. The van der Waals surface area contributed by atoms with Crippen LogP contribution in [-0.4, -0.2) is 33.6 Å². The Bertz CT molecular complexity index is 384. The summed E-state index contributed by atoms with van der Waals surface area (Å²) in [7, 11) is 0. The van der Waals surface area contributed by atoms with Crippen molar-refractivity contribution in [3.05, 3.63) is 0 Å². The van der Waals surface area contributed by atoms with Crippen molar-refractivity contribution < 1.29 is 24.5 Å². The van der Waals surface area contributed by atoms with Gasteiger partial charge in [-0.3, -0.25) is 10.1 Å². The summed E-state index contributed by atoms with van der Waals surface area (Å²) in [6.45, 7) is 5.28. The van der Waals surface area contributed by atoms with E-state index >= 15 is 0 Å². The third kappa shape index (κ3) is 6.64. The number of carbonyl (C=O) groups is 2. The Morgan fingerprint density at radius 3 is 2.27 bits per heavy atom. The molecule has 1 rings (SSSR count). The second kappa shape index (κ2) is 7.81. The molecular weight excluding hydrogens is 286 g/mol. The molecule has 1 amide bonds. The third-order valence-corrected chi connectivity index (χ3v) is 3.95. The Morgan fingerprint density at radius 1 is 1.18 bits per heavy atom. The van der Waals surface area contributed by atoms with Crippen molar-refractivity contribution in [3.63, 3.8) is 0 Å². The van der Waals surface area contributed by atoms with Gasteiger partial charge in [0.15, 0.2) is 0 Å². The molecule has 6 heteroatoms. The number of nitrogens with one attached hydrogen (secondary N) is 1. The van der Waals surface area contributed by atoms with Crippen molar-refractivity contribution in [1.82, 2.24) is 5.32 Å². The van der Waals surface area contributed by atoms with Crippen LogP contribution < -0.4 is 5.32 Å². The molecule has 0 aromatic rings. The number of carboxylic acid groups (broad SMARTS) is 1. The lowest BCUT2D eigenvalue weighted by atomic mass is 9.79. The smallest absolute Gasteiger partial charge is 0.409 e. The van der Waals surface area contributed by atoms with Crippen LogP contribution in [0, 0.1) is 5.92 Å². The fourth-order valence-electron chi connectivity index (χ4n) is 2.94. The topological polar surface area (TPSA) is 95.9 Å². The van der Waals surface area contributed by atoms with Crippen LogP contribution in [0.25, 0.3) is 0 Å². The van der Waals surface area contributed by atoms with Gasteiger partial charge in [-0.15, -0.1) is 0 Å². The molecule has 0 aromatic carbocycles. The lowest BCUT2D eigenvalue weighted by Gasteiger charge is -2.39. The van der Waals surface area contributed by atoms with Gasteiger partial charge in [-0.25, -0.2) is 4.79 Å². The molecule has 0 radical (unpaired) electrons. The number of hydrogen-bond acceptors (Lipinski definition) is 4. The van der Waals surface area contributed by atoms with Crippen LogP contribution >= 0.6 is 0 Å². The number of carboxylic acids is 1. The fraction of sp³-hybridized carbons (Fsp3) is 0.875. The molecule has 1 fully saturated rings. The molecule has 0 bridgehead atoms. The van der Waals surface area contributed by atoms with Crippen LogP contribution in [0.4, 0.5) is 4.79 Å². The average molecular weight is 315 g/mol. The molecule has 22 heavy (non-hydrogen) atoms. The Hall–Kier alpha value is -1.30. The van der Waals surface area contributed by atoms with E-state index in [1.807, 2.05) is 0 Å². The minimum atomic E-state index is -1.39. The molecule has 0 saturated heterocycles. The Labute approximate surface area is 132 Å². The monoisotopic (exact) mass is 315 g/mol. The van der Waals surface area contributed by atoms with Crippen LogP contribution in [0.5, 0.6) is 0 Å². The summed E-state index contributed by atoms with van der Waals surface area (Å²) in [6.07, 6.45) is 4.69. The van der Waals surface area contributed by atoms with E-state index in [0.717, 1.165) is 32.1 Å². The SMILES string of the molecule is CC(C)(C)OC(=O)N[C@](O)(CCCC(=O)O)C1CCCCC1. The van der Waals surface area contributed by atoms with Crippen molar-refractivity contribution in [3.8, 4) is 0 Å². The highest BCUT2D eigenvalue weighted by Crippen LogP contribution is 2.34. The number of aliphatic hydroxyl groups is 1. The maximum absolute atomic E-state index is 12.0. The predicted molar refractivity (Wildman–Crippen MR) is 82.4 cm³/mol. The van der Waals surface area contributed by atoms with E-state index in [2.05, 4.69) is 5.32 Å². The minimum absolute atomic E-state index is 0.0228. The van der Waals surface area contributed by atoms with Gasteiger partial charge < -0.3 is 14.9 Å². The first-order valence-corrected chi connectivity index (χ1v) is 8.08. The zero-order chi connectivity index (χ0) is 16.8. The summed E-state index contributed by atoms with van der Waals surface area (Å²) in [5.41, 5.74) is -2.03. The predicted octanol–water partition coefficient (Wildman–Crippen LogP) is 3.03. The van der Waals surface area contributed by atoms with E-state index in [-0.39, 0.29) is 18.8 Å². The lowest BCUT2D eigenvalue weighted by Crippen LogP contribution is -2.55. The van der Waals surface area contributed by atoms with Gasteiger partial charge in [0.05, 0.1) is 0 Å². The summed E-state index contributed by atoms with van der Waals surface area (Å²) in [5.74, 6) is -0.953. The molecule has 1 aliphatic carbocycles. The van der Waals surface area contributed by atoms with E-state index in [0.29, 0.717) is 6.42 Å². The first kappa shape index (κ1) is 18.7. The Kier molecular flexibility index (Phi) is 6.66. The number of alkyl carbamates (subject to hydrolysis) is 1. The van der Waals surface area contributed by atoms with Crippen LogP contribution in [0.15, 0.2) is 0 Å². The van der Waals surface area contributed by atoms with E-state index in [1.54, 1.807) is 20.8 Å². The summed E-state index contributed by atoms with van der Waals surface area (Å²) in [6, 6.07) is 0. The van der Waals surface area contributed by atoms with Crippen molar-refractivity contribution in [2.24, 2.45) is 5.92 Å². The quantitative estimate of drug-likeness (QED) is 0.655. The Morgan fingerprint density at radius 2 is 1.77 bits per heavy atom. The zero-order valence-corrected chi connectivity index (χ0v) is 13.9. The lowest BCUT2D eigenvalue weighted by molar-refractivity contribution is -0.137. The summed E-state index contributed by atoms with van der Waals surface area (Å²) in [4.78, 5) is 22.7. The maximum Gasteiger partial charge on any atom is 0.409 e. The van der Waals surface area contributed by atoms with Gasteiger partial charge in [0.1, 0.15) is 11.3 Å². The highest BCUT2D eigenvalue weighted by atomic mass is 16.6. The molecule has 0 heterocycles. The van der Waals surface area contributed by atoms with Gasteiger partial charge >= 0.3 is 12.1 Å². The minimum Gasteiger partial charge on any atom is -0.481 e. The molecule has 0 unspecified atom stereocenters. The average Bonchev–Trinajstić information content (AvgIpc) is 2.36. The first-order valence-electron chi connectivity index (χ1n) is 8.08. The summed E-state index contributed by atoms with van der Waals surface area (Å²) >= 11 is 0. The number of hydrogen-bond donors (Lipinski definition) is 3. The number of carbonyl (C=O) groups excluding carboxylic acids is 1. The van der Waals surface area contributed by atoms with Crippen LogP contribution in [0.1, 0.15) is 72.1 Å². The largest absolute Gasteiger partial charge is 0.481 e. The molecular formula is C16H29NO5. The normalized spacial score (nSPS) is 19.3. The van der Waals surface area contributed by atoms with E-state index in [9.17, 15) is 14.7 Å². The van der Waals surface area contributed by atoms with Crippen molar-refractivity contribution in [2.75, 3.05) is 0 Å². The zero-order valence-electron chi connectivity index (χ0n) is 13.9. The van der Waals surface area contributed by atoms with Gasteiger partial charge in [0, 0.05) is 12.3 Å². The van der Waals surface area contributed by atoms with Crippen LogP contribution in [0.2, 0.25) is 0 Å². The molecule has 128 valence electrons. The third-order valence-electron chi connectivity index (χ3n) is 3.95. The van der Waals surface area contributed by atoms with Gasteiger partial charge in [0.25, 0.3) is 0 Å². The molecule has 6 nitrogen and oxygen atoms in total. The van der Waals surface area contributed by atoms with Gasteiger partial charge in [0.2, 0.25) is 0 Å². The number of aliphatic carboxylic acids is 1. The van der Waals surface area contributed by atoms with Crippen LogP contribution in [-0.2, 0) is 9.53 Å². The number of ether oxygens (including phenoxy) is 1. The number of amides is 1. The number of rotatable bonds is 6. The maximum atomic E-state index is 12.0. The van der Waals surface area contributed by atoms with Gasteiger partial charge in [-0.05, 0) is 46.5 Å². The first-order chi connectivity index (χ1) is 10.1. The summed E-state index contributed by atoms with van der Waals surface area (Å²) < 4.78 is 5.23. The van der Waals surface area contributed by atoms with Crippen molar-refractivity contribution in [1.29, 1.82) is 0 Å².